The monoisotopic (exact) mass is 186 g/mol. The van der Waals surface area contributed by atoms with Gasteiger partial charge >= 0.3 is 0 Å². The minimum Gasteiger partial charge on any atom is -0.302 e. The smallest absolute Gasteiger partial charge is 0.0258 e. The lowest BCUT2D eigenvalue weighted by atomic mass is 9.93. The van der Waals surface area contributed by atoms with E-state index in [1.165, 1.54) is 32.5 Å². The summed E-state index contributed by atoms with van der Waals surface area (Å²) in [5.41, 5.74) is 0. The predicted octanol–water partition coefficient (Wildman–Crippen LogP) is 1.29. The molecule has 2 saturated heterocycles. The van der Waals surface area contributed by atoms with Crippen LogP contribution in [0, 0.1) is 5.92 Å². The van der Waals surface area contributed by atoms with E-state index < -0.39 is 0 Å². The molecular weight excluding hydrogens is 168 g/mol. The zero-order valence-corrected chi connectivity index (χ0v) is 8.81. The minimum absolute atomic E-state index is 0.853. The molecule has 2 fully saturated rings. The van der Waals surface area contributed by atoms with Gasteiger partial charge in [0.05, 0.1) is 0 Å². The quantitative estimate of drug-likeness (QED) is 0.570. The third kappa shape index (κ3) is 1.50. The third-order valence-corrected chi connectivity index (χ3v) is 4.21. The number of nitrogens with zero attached hydrogens (tertiary/aromatic N) is 2. The number of likely N-dealkylation sites (N-methyl/N-ethyl adjacent to an activating group) is 1. The molecule has 2 rings (SSSR count). The lowest BCUT2D eigenvalue weighted by Gasteiger charge is -2.35. The zero-order chi connectivity index (χ0) is 8.55. The summed E-state index contributed by atoms with van der Waals surface area (Å²) in [6, 6.07) is 0.853. The average Bonchev–Trinajstić information content (AvgIpc) is 2.47. The van der Waals surface area contributed by atoms with Crippen molar-refractivity contribution in [2.45, 2.75) is 18.9 Å². The van der Waals surface area contributed by atoms with Crippen LogP contribution in [-0.4, -0.2) is 48.2 Å². The van der Waals surface area contributed by atoms with Crippen molar-refractivity contribution in [1.82, 2.24) is 9.21 Å². The van der Waals surface area contributed by atoms with E-state index in [2.05, 4.69) is 22.5 Å². The van der Waals surface area contributed by atoms with Crippen molar-refractivity contribution in [1.29, 1.82) is 0 Å². The van der Waals surface area contributed by atoms with Gasteiger partial charge in [-0.2, -0.15) is 0 Å². The lowest BCUT2D eigenvalue weighted by molar-refractivity contribution is 0.183. The molecule has 0 bridgehead atoms. The SMILES string of the molecule is CSN1CCC2CCN(C)C2C1. The molecule has 2 unspecified atom stereocenters. The number of hydrogen-bond donors (Lipinski definition) is 0. The van der Waals surface area contributed by atoms with E-state index in [0.29, 0.717) is 0 Å². The Labute approximate surface area is 79.4 Å². The highest BCUT2D eigenvalue weighted by molar-refractivity contribution is 7.96. The molecule has 2 atom stereocenters. The molecule has 3 heteroatoms. The van der Waals surface area contributed by atoms with Gasteiger partial charge in [0.15, 0.2) is 0 Å². The van der Waals surface area contributed by atoms with E-state index >= 15 is 0 Å². The standard InChI is InChI=1S/C9H18N2S/c1-10-5-3-8-4-6-11(12-2)7-9(8)10/h8-9H,3-7H2,1-2H3. The van der Waals surface area contributed by atoms with Crippen LogP contribution in [0.4, 0.5) is 0 Å². The minimum atomic E-state index is 0.853. The predicted molar refractivity (Wildman–Crippen MR) is 54.2 cm³/mol. The van der Waals surface area contributed by atoms with Crippen LogP contribution in [0.1, 0.15) is 12.8 Å². The third-order valence-electron chi connectivity index (χ3n) is 3.36. The average molecular weight is 186 g/mol. The van der Waals surface area contributed by atoms with Crippen molar-refractivity contribution in [2.24, 2.45) is 5.92 Å². The lowest BCUT2D eigenvalue weighted by Crippen LogP contribution is -2.44. The molecule has 0 aliphatic carbocycles. The maximum absolute atomic E-state index is 2.53. The van der Waals surface area contributed by atoms with Crippen LogP contribution in [-0.2, 0) is 0 Å². The summed E-state index contributed by atoms with van der Waals surface area (Å²) in [5, 5.41) is 0. The van der Waals surface area contributed by atoms with Crippen LogP contribution in [0.25, 0.3) is 0 Å². The second-order valence-electron chi connectivity index (χ2n) is 3.96. The van der Waals surface area contributed by atoms with Gasteiger partial charge in [-0.15, -0.1) is 0 Å². The molecule has 0 saturated carbocycles. The van der Waals surface area contributed by atoms with Gasteiger partial charge in [-0.1, -0.05) is 11.9 Å². The summed E-state index contributed by atoms with van der Waals surface area (Å²) in [4.78, 5) is 2.53. The summed E-state index contributed by atoms with van der Waals surface area (Å²) in [5.74, 6) is 0.999. The molecule has 2 nitrogen and oxygen atoms in total. The zero-order valence-electron chi connectivity index (χ0n) is 7.99. The van der Waals surface area contributed by atoms with Gasteiger partial charge in [0.1, 0.15) is 0 Å². The first-order valence-electron chi connectivity index (χ1n) is 4.80. The van der Waals surface area contributed by atoms with Crippen LogP contribution in [0.2, 0.25) is 0 Å². The largest absolute Gasteiger partial charge is 0.302 e. The van der Waals surface area contributed by atoms with Crippen molar-refractivity contribution in [2.75, 3.05) is 32.9 Å². The number of piperidine rings is 1. The summed E-state index contributed by atoms with van der Waals surface area (Å²) >= 11 is 1.90. The fourth-order valence-corrected chi connectivity index (χ4v) is 3.08. The van der Waals surface area contributed by atoms with Crippen LogP contribution in [0.5, 0.6) is 0 Å². The highest BCUT2D eigenvalue weighted by Gasteiger charge is 2.35. The Hall–Kier alpha value is 0.270. The molecule has 0 spiro atoms. The van der Waals surface area contributed by atoms with E-state index in [9.17, 15) is 0 Å². The molecular formula is C9H18N2S. The van der Waals surface area contributed by atoms with Gasteiger partial charge in [-0.25, -0.2) is 4.31 Å². The highest BCUT2D eigenvalue weighted by atomic mass is 32.2. The number of fused-ring (bicyclic) bond motifs is 1. The summed E-state index contributed by atoms with van der Waals surface area (Å²) in [6.07, 6.45) is 5.04. The first-order valence-corrected chi connectivity index (χ1v) is 5.98. The normalized spacial score (nSPS) is 38.5. The summed E-state index contributed by atoms with van der Waals surface area (Å²) in [7, 11) is 2.27. The molecule has 70 valence electrons. The van der Waals surface area contributed by atoms with Gasteiger partial charge in [0.2, 0.25) is 0 Å². The molecule has 0 N–H and O–H groups in total. The van der Waals surface area contributed by atoms with Crippen molar-refractivity contribution in [3.63, 3.8) is 0 Å². The van der Waals surface area contributed by atoms with Crippen LogP contribution >= 0.6 is 11.9 Å². The fourth-order valence-electron chi connectivity index (χ4n) is 2.49. The molecule has 2 aliphatic heterocycles. The van der Waals surface area contributed by atoms with Crippen molar-refractivity contribution in [3.05, 3.63) is 0 Å². The van der Waals surface area contributed by atoms with Crippen LogP contribution in [0.15, 0.2) is 0 Å². The summed E-state index contributed by atoms with van der Waals surface area (Å²) in [6.45, 7) is 3.90. The number of likely N-dealkylation sites (tertiary alicyclic amines) is 1. The Morgan fingerprint density at radius 3 is 2.75 bits per heavy atom. The van der Waals surface area contributed by atoms with E-state index in [4.69, 9.17) is 0 Å². The molecule has 0 aromatic carbocycles. The topological polar surface area (TPSA) is 6.48 Å². The van der Waals surface area contributed by atoms with Crippen molar-refractivity contribution < 1.29 is 0 Å². The summed E-state index contributed by atoms with van der Waals surface area (Å²) < 4.78 is 2.50. The first-order chi connectivity index (χ1) is 5.81. The van der Waals surface area contributed by atoms with Crippen LogP contribution in [0.3, 0.4) is 0 Å². The molecule has 2 heterocycles. The van der Waals surface area contributed by atoms with Crippen molar-refractivity contribution in [3.8, 4) is 0 Å². The van der Waals surface area contributed by atoms with Gasteiger partial charge < -0.3 is 4.90 Å². The maximum Gasteiger partial charge on any atom is 0.0258 e. The van der Waals surface area contributed by atoms with Gasteiger partial charge in [0.25, 0.3) is 0 Å². The second kappa shape index (κ2) is 3.56. The fraction of sp³-hybridized carbons (Fsp3) is 1.00. The molecule has 0 radical (unpaired) electrons. The first kappa shape index (κ1) is 8.85. The molecule has 0 aromatic heterocycles. The van der Waals surface area contributed by atoms with Crippen LogP contribution < -0.4 is 0 Å². The molecule has 12 heavy (non-hydrogen) atoms. The van der Waals surface area contributed by atoms with Gasteiger partial charge in [0, 0.05) is 19.1 Å². The van der Waals surface area contributed by atoms with Gasteiger partial charge in [-0.05, 0) is 38.6 Å². The molecule has 0 aromatic rings. The number of hydrogen-bond acceptors (Lipinski definition) is 3. The Bertz CT molecular complexity index is 163. The Balaban J connectivity index is 1.97. The highest BCUT2D eigenvalue weighted by Crippen LogP contribution is 2.32. The van der Waals surface area contributed by atoms with E-state index in [1.54, 1.807) is 0 Å². The second-order valence-corrected chi connectivity index (χ2v) is 4.84. The van der Waals surface area contributed by atoms with Gasteiger partial charge in [-0.3, -0.25) is 0 Å². The van der Waals surface area contributed by atoms with E-state index in [0.717, 1.165) is 12.0 Å². The molecule has 0 amide bonds. The maximum atomic E-state index is 2.53. The van der Waals surface area contributed by atoms with E-state index in [-0.39, 0.29) is 0 Å². The Morgan fingerprint density at radius 2 is 2.00 bits per heavy atom. The number of rotatable bonds is 1. The van der Waals surface area contributed by atoms with E-state index in [1.807, 2.05) is 11.9 Å². The Morgan fingerprint density at radius 1 is 1.25 bits per heavy atom. The Kier molecular flexibility index (Phi) is 2.63. The van der Waals surface area contributed by atoms with Crippen molar-refractivity contribution >= 4 is 11.9 Å². The molecule has 2 aliphatic rings.